The average molecular weight is 338 g/mol. The number of thiophene rings is 1. The number of aliphatic hydroxyl groups is 1. The van der Waals surface area contributed by atoms with E-state index in [0.717, 1.165) is 23.4 Å². The van der Waals surface area contributed by atoms with Gasteiger partial charge in [-0.15, -0.1) is 11.3 Å². The molecule has 0 saturated heterocycles. The van der Waals surface area contributed by atoms with E-state index >= 15 is 0 Å². The van der Waals surface area contributed by atoms with Crippen molar-refractivity contribution in [2.75, 3.05) is 13.2 Å². The van der Waals surface area contributed by atoms with Crippen LogP contribution in [0.15, 0.2) is 23.0 Å². The molecule has 6 heteroatoms. The Kier molecular flexibility index (Phi) is 6.54. The molecule has 0 saturated carbocycles. The van der Waals surface area contributed by atoms with Crippen molar-refractivity contribution in [3.05, 3.63) is 27.9 Å². The number of aliphatic hydroxyl groups excluding tert-OH is 1. The number of aromatic nitrogens is 1. The van der Waals surface area contributed by atoms with E-state index in [9.17, 15) is 4.79 Å². The van der Waals surface area contributed by atoms with Crippen molar-refractivity contribution in [2.24, 2.45) is 11.8 Å². The van der Waals surface area contributed by atoms with Crippen molar-refractivity contribution in [3.8, 4) is 10.6 Å². The fourth-order valence-corrected chi connectivity index (χ4v) is 3.92. The van der Waals surface area contributed by atoms with E-state index in [4.69, 9.17) is 5.11 Å². The summed E-state index contributed by atoms with van der Waals surface area (Å²) in [5.74, 6) is 0.797. The highest BCUT2D eigenvalue weighted by atomic mass is 32.1. The molecule has 120 valence electrons. The zero-order valence-electron chi connectivity index (χ0n) is 12.9. The van der Waals surface area contributed by atoms with Crippen molar-refractivity contribution in [3.63, 3.8) is 0 Å². The Morgan fingerprint density at radius 3 is 2.91 bits per heavy atom. The van der Waals surface area contributed by atoms with Crippen LogP contribution in [0.3, 0.4) is 0 Å². The Bertz CT molecular complexity index is 579. The van der Waals surface area contributed by atoms with Gasteiger partial charge in [-0.25, -0.2) is 4.98 Å². The van der Waals surface area contributed by atoms with Crippen molar-refractivity contribution in [1.29, 1.82) is 0 Å². The van der Waals surface area contributed by atoms with Crippen LogP contribution in [0, 0.1) is 11.8 Å². The summed E-state index contributed by atoms with van der Waals surface area (Å²) in [5, 5.41) is 17.0. The summed E-state index contributed by atoms with van der Waals surface area (Å²) in [6.45, 7) is 5.07. The second-order valence-corrected chi connectivity index (χ2v) is 7.57. The molecular formula is C16H22N2O2S2. The fraction of sp³-hybridized carbons (Fsp3) is 0.500. The molecule has 2 heterocycles. The molecule has 0 aliphatic carbocycles. The highest BCUT2D eigenvalue weighted by molar-refractivity contribution is 7.17. The first-order chi connectivity index (χ1) is 10.6. The number of rotatable bonds is 8. The second-order valence-electron chi connectivity index (χ2n) is 5.76. The summed E-state index contributed by atoms with van der Waals surface area (Å²) in [6.07, 6.45) is 3.36. The third-order valence-corrected chi connectivity index (χ3v) is 5.12. The molecule has 2 aromatic rings. The minimum Gasteiger partial charge on any atom is -0.396 e. The molecule has 0 bridgehead atoms. The summed E-state index contributed by atoms with van der Waals surface area (Å²) in [6, 6.07) is 2.01. The first-order valence-corrected chi connectivity index (χ1v) is 9.23. The fourth-order valence-electron chi connectivity index (χ4n) is 2.38. The molecule has 1 unspecified atom stereocenters. The molecule has 1 atom stereocenters. The molecule has 0 aliphatic heterocycles. The lowest BCUT2D eigenvalue weighted by molar-refractivity contribution is 0.0945. The standard InChI is InChI=1S/C16H22N2O2S2/c1-11(2)7-12(3-5-19)8-17-15(20)14-9-18-16(22-14)13-4-6-21-10-13/h4,6,9-12,19H,3,5,7-8H2,1-2H3,(H,17,20). The van der Waals surface area contributed by atoms with E-state index in [0.29, 0.717) is 23.3 Å². The summed E-state index contributed by atoms with van der Waals surface area (Å²) < 4.78 is 0. The van der Waals surface area contributed by atoms with Crippen LogP contribution in [-0.4, -0.2) is 29.1 Å². The van der Waals surface area contributed by atoms with Gasteiger partial charge in [-0.1, -0.05) is 13.8 Å². The van der Waals surface area contributed by atoms with Gasteiger partial charge in [0.1, 0.15) is 9.88 Å². The number of hydrogen-bond donors (Lipinski definition) is 2. The predicted molar refractivity (Wildman–Crippen MR) is 92.4 cm³/mol. The zero-order chi connectivity index (χ0) is 15.9. The maximum absolute atomic E-state index is 12.2. The molecule has 1 amide bonds. The highest BCUT2D eigenvalue weighted by Gasteiger charge is 2.15. The molecule has 2 N–H and O–H groups in total. The second kappa shape index (κ2) is 8.41. The number of amides is 1. The van der Waals surface area contributed by atoms with Crippen LogP contribution < -0.4 is 5.32 Å². The maximum atomic E-state index is 12.2. The molecular weight excluding hydrogens is 316 g/mol. The van der Waals surface area contributed by atoms with Gasteiger partial charge >= 0.3 is 0 Å². The van der Waals surface area contributed by atoms with Gasteiger partial charge in [0, 0.05) is 24.1 Å². The quantitative estimate of drug-likeness (QED) is 0.772. The van der Waals surface area contributed by atoms with Gasteiger partial charge in [-0.05, 0) is 36.1 Å². The van der Waals surface area contributed by atoms with Crippen LogP contribution in [-0.2, 0) is 0 Å². The van der Waals surface area contributed by atoms with Gasteiger partial charge in [0.2, 0.25) is 0 Å². The normalized spacial score (nSPS) is 12.5. The molecule has 2 rings (SSSR count). The van der Waals surface area contributed by atoms with E-state index in [-0.39, 0.29) is 12.5 Å². The van der Waals surface area contributed by atoms with E-state index in [1.165, 1.54) is 11.3 Å². The summed E-state index contributed by atoms with van der Waals surface area (Å²) in [5.41, 5.74) is 1.06. The molecule has 0 aliphatic rings. The third kappa shape index (κ3) is 4.90. The summed E-state index contributed by atoms with van der Waals surface area (Å²) in [7, 11) is 0. The van der Waals surface area contributed by atoms with Crippen LogP contribution in [0.5, 0.6) is 0 Å². The molecule has 0 fully saturated rings. The SMILES string of the molecule is CC(C)CC(CCO)CNC(=O)c1cnc(-c2ccsc2)s1. The molecule has 2 aromatic heterocycles. The van der Waals surface area contributed by atoms with Crippen molar-refractivity contribution < 1.29 is 9.90 Å². The predicted octanol–water partition coefficient (Wildman–Crippen LogP) is 3.65. The number of carbonyl (C=O) groups excluding carboxylic acids is 1. The molecule has 4 nitrogen and oxygen atoms in total. The minimum absolute atomic E-state index is 0.0781. The minimum atomic E-state index is -0.0781. The van der Waals surface area contributed by atoms with Gasteiger partial charge in [0.05, 0.1) is 6.20 Å². The van der Waals surface area contributed by atoms with E-state index in [1.54, 1.807) is 17.5 Å². The van der Waals surface area contributed by atoms with Crippen LogP contribution in [0.4, 0.5) is 0 Å². The van der Waals surface area contributed by atoms with Gasteiger partial charge in [0.25, 0.3) is 5.91 Å². The zero-order valence-corrected chi connectivity index (χ0v) is 14.5. The van der Waals surface area contributed by atoms with Gasteiger partial charge in [0.15, 0.2) is 0 Å². The first-order valence-electron chi connectivity index (χ1n) is 7.47. The lowest BCUT2D eigenvalue weighted by Gasteiger charge is -2.18. The van der Waals surface area contributed by atoms with E-state index in [1.807, 2.05) is 16.8 Å². The Morgan fingerprint density at radius 1 is 1.45 bits per heavy atom. The van der Waals surface area contributed by atoms with Crippen LogP contribution in [0.1, 0.15) is 36.4 Å². The Morgan fingerprint density at radius 2 is 2.27 bits per heavy atom. The Balaban J connectivity index is 1.91. The smallest absolute Gasteiger partial charge is 0.263 e. The number of carbonyl (C=O) groups is 1. The first kappa shape index (κ1) is 17.1. The number of nitrogens with one attached hydrogen (secondary N) is 1. The van der Waals surface area contributed by atoms with Crippen molar-refractivity contribution >= 4 is 28.6 Å². The Labute approximate surface area is 139 Å². The molecule has 22 heavy (non-hydrogen) atoms. The number of nitrogens with zero attached hydrogens (tertiary/aromatic N) is 1. The van der Waals surface area contributed by atoms with Crippen molar-refractivity contribution in [1.82, 2.24) is 10.3 Å². The highest BCUT2D eigenvalue weighted by Crippen LogP contribution is 2.26. The van der Waals surface area contributed by atoms with Gasteiger partial charge in [-0.3, -0.25) is 4.79 Å². The topological polar surface area (TPSA) is 62.2 Å². The summed E-state index contributed by atoms with van der Waals surface area (Å²) >= 11 is 3.03. The molecule has 0 spiro atoms. The lowest BCUT2D eigenvalue weighted by atomic mass is 9.94. The van der Waals surface area contributed by atoms with E-state index < -0.39 is 0 Å². The molecule has 0 aromatic carbocycles. The summed E-state index contributed by atoms with van der Waals surface area (Å²) in [4.78, 5) is 17.2. The maximum Gasteiger partial charge on any atom is 0.263 e. The number of thiazole rings is 1. The van der Waals surface area contributed by atoms with Crippen LogP contribution in [0.25, 0.3) is 10.6 Å². The number of hydrogen-bond acceptors (Lipinski definition) is 5. The largest absolute Gasteiger partial charge is 0.396 e. The molecule has 0 radical (unpaired) electrons. The van der Waals surface area contributed by atoms with Crippen molar-refractivity contribution in [2.45, 2.75) is 26.7 Å². The van der Waals surface area contributed by atoms with Gasteiger partial charge < -0.3 is 10.4 Å². The monoisotopic (exact) mass is 338 g/mol. The Hall–Kier alpha value is -1.24. The average Bonchev–Trinajstić information content (AvgIpc) is 3.14. The third-order valence-electron chi connectivity index (χ3n) is 3.39. The lowest BCUT2D eigenvalue weighted by Crippen LogP contribution is -2.29. The van der Waals surface area contributed by atoms with Crippen LogP contribution >= 0.6 is 22.7 Å². The van der Waals surface area contributed by atoms with Crippen LogP contribution in [0.2, 0.25) is 0 Å². The van der Waals surface area contributed by atoms with E-state index in [2.05, 4.69) is 24.1 Å². The van der Waals surface area contributed by atoms with Gasteiger partial charge in [-0.2, -0.15) is 11.3 Å².